The van der Waals surface area contributed by atoms with E-state index in [1.165, 1.54) is 4.90 Å². The van der Waals surface area contributed by atoms with Gasteiger partial charge in [0.2, 0.25) is 0 Å². The van der Waals surface area contributed by atoms with Crippen molar-refractivity contribution in [2.75, 3.05) is 13.2 Å². The van der Waals surface area contributed by atoms with Crippen LogP contribution in [0.5, 0.6) is 0 Å². The summed E-state index contributed by atoms with van der Waals surface area (Å²) in [6.45, 7) is 10.4. The fourth-order valence-corrected chi connectivity index (χ4v) is 3.24. The van der Waals surface area contributed by atoms with Crippen LogP contribution in [0.3, 0.4) is 0 Å². The summed E-state index contributed by atoms with van der Waals surface area (Å²) in [5.41, 5.74) is -1.23. The standard InChI is InChI=1S/C15H27N2O6S/c1-6-17(14(21)23-15(2,3)4)13(16-5)24-11-7-9(19)12(20)10(8-18)22-11/h9-12,18-20H,5-8H2,1-4H3/q+1/t9-,10-,11-,12+/m1/s1. The molecule has 0 aliphatic carbocycles. The first kappa shape index (κ1) is 21.0. The Balaban J connectivity index is 2.82. The maximum Gasteiger partial charge on any atom is 0.509 e. The highest BCUT2D eigenvalue weighted by molar-refractivity contribution is 8.14. The number of ether oxygens (including phenoxy) is 2. The topological polar surface area (TPSA) is 114 Å². The first-order valence-corrected chi connectivity index (χ1v) is 8.64. The van der Waals surface area contributed by atoms with Crippen molar-refractivity contribution >= 4 is 29.7 Å². The molecular weight excluding hydrogens is 336 g/mol. The molecule has 1 aliphatic heterocycles. The van der Waals surface area contributed by atoms with Crippen molar-refractivity contribution in [3.8, 4) is 0 Å². The first-order chi connectivity index (χ1) is 11.1. The van der Waals surface area contributed by atoms with Gasteiger partial charge < -0.3 is 24.8 Å². The van der Waals surface area contributed by atoms with E-state index >= 15 is 0 Å². The van der Waals surface area contributed by atoms with Gasteiger partial charge in [0.05, 0.1) is 19.3 Å². The van der Waals surface area contributed by atoms with E-state index in [1.807, 2.05) is 0 Å². The highest BCUT2D eigenvalue weighted by Gasteiger charge is 2.41. The average Bonchev–Trinajstić information content (AvgIpc) is 2.48. The molecule has 138 valence electrons. The number of hydrogen-bond donors (Lipinski definition) is 3. The molecule has 24 heavy (non-hydrogen) atoms. The minimum Gasteiger partial charge on any atom is -0.425 e. The van der Waals surface area contributed by atoms with Crippen LogP contribution in [0.25, 0.3) is 0 Å². The second-order valence-corrected chi connectivity index (χ2v) is 7.49. The average molecular weight is 363 g/mol. The third-order valence-electron chi connectivity index (χ3n) is 3.25. The van der Waals surface area contributed by atoms with E-state index in [0.29, 0.717) is 6.54 Å². The van der Waals surface area contributed by atoms with Gasteiger partial charge in [-0.05, 0) is 27.7 Å². The van der Waals surface area contributed by atoms with Crippen LogP contribution in [0, 0.1) is 0 Å². The first-order valence-electron chi connectivity index (χ1n) is 7.76. The highest BCUT2D eigenvalue weighted by atomic mass is 32.2. The number of amides is 1. The molecule has 1 aliphatic rings. The van der Waals surface area contributed by atoms with Gasteiger partial charge in [0.1, 0.15) is 23.2 Å². The Hall–Kier alpha value is -1.09. The molecule has 0 aromatic carbocycles. The van der Waals surface area contributed by atoms with E-state index in [0.717, 1.165) is 11.8 Å². The number of aliphatic hydroxyl groups excluding tert-OH is 3. The lowest BCUT2D eigenvalue weighted by Gasteiger charge is -2.35. The quantitative estimate of drug-likeness (QED) is 0.365. The van der Waals surface area contributed by atoms with Crippen molar-refractivity contribution in [3.63, 3.8) is 0 Å². The second-order valence-electron chi connectivity index (χ2n) is 6.36. The molecule has 3 N–H and O–H groups in total. The molecule has 1 heterocycles. The van der Waals surface area contributed by atoms with Crippen molar-refractivity contribution in [2.24, 2.45) is 0 Å². The van der Waals surface area contributed by atoms with Gasteiger partial charge in [-0.3, -0.25) is 0 Å². The monoisotopic (exact) mass is 363 g/mol. The SMILES string of the molecule is C=[N+]=C(S[C@@H]1C[C@@H](O)[C@H](O)[C@@H](CO)O1)N(CC)C(=O)OC(C)(C)C. The molecule has 0 unspecified atom stereocenters. The number of rotatable bonds is 3. The molecule has 1 amide bonds. The van der Waals surface area contributed by atoms with Crippen molar-refractivity contribution in [3.05, 3.63) is 0 Å². The van der Waals surface area contributed by atoms with Gasteiger partial charge in [0, 0.05) is 18.2 Å². The third kappa shape index (κ3) is 5.77. The van der Waals surface area contributed by atoms with Crippen LogP contribution in [-0.4, -0.2) is 80.7 Å². The normalized spacial score (nSPS) is 27.3. The van der Waals surface area contributed by atoms with Crippen LogP contribution >= 0.6 is 11.8 Å². The predicted molar refractivity (Wildman–Crippen MR) is 92.8 cm³/mol. The molecule has 1 saturated heterocycles. The van der Waals surface area contributed by atoms with Gasteiger partial charge in [-0.15, -0.1) is 4.90 Å². The zero-order valence-corrected chi connectivity index (χ0v) is 15.3. The van der Waals surface area contributed by atoms with Crippen molar-refractivity contribution in [1.82, 2.24) is 9.57 Å². The van der Waals surface area contributed by atoms with Gasteiger partial charge in [0.25, 0.3) is 0 Å². The molecule has 0 radical (unpaired) electrons. The lowest BCUT2D eigenvalue weighted by atomic mass is 10.0. The zero-order chi connectivity index (χ0) is 18.5. The van der Waals surface area contributed by atoms with Gasteiger partial charge in [0.15, 0.2) is 6.72 Å². The fraction of sp³-hybridized carbons (Fsp3) is 0.800. The van der Waals surface area contributed by atoms with E-state index < -0.39 is 42.0 Å². The fourth-order valence-electron chi connectivity index (χ4n) is 2.11. The third-order valence-corrected chi connectivity index (χ3v) is 4.38. The number of thioether (sulfide) groups is 1. The molecule has 9 heteroatoms. The van der Waals surface area contributed by atoms with E-state index in [9.17, 15) is 20.1 Å². The minimum atomic E-state index is -1.15. The number of carbonyl (C=O) groups is 1. The number of aliphatic hydroxyl groups is 3. The number of amidine groups is 1. The van der Waals surface area contributed by atoms with Crippen molar-refractivity contribution < 1.29 is 29.6 Å². The number of carbonyl (C=O) groups excluding carboxylic acids is 1. The predicted octanol–water partition coefficient (Wildman–Crippen LogP) is -0.0705. The van der Waals surface area contributed by atoms with Gasteiger partial charge in [-0.1, -0.05) is 0 Å². The molecular formula is C15H27N2O6S+. The van der Waals surface area contributed by atoms with Crippen LogP contribution in [0.1, 0.15) is 34.1 Å². The van der Waals surface area contributed by atoms with Gasteiger partial charge in [-0.2, -0.15) is 4.79 Å². The Morgan fingerprint density at radius 1 is 1.46 bits per heavy atom. The Bertz CT molecular complexity index is 489. The summed E-state index contributed by atoms with van der Waals surface area (Å²) >= 11 is 1.09. The summed E-state index contributed by atoms with van der Waals surface area (Å²) in [7, 11) is 0. The summed E-state index contributed by atoms with van der Waals surface area (Å²) in [6.07, 6.45) is -3.51. The van der Waals surface area contributed by atoms with Crippen LogP contribution < -0.4 is 4.67 Å². The molecule has 1 rings (SSSR count). The smallest absolute Gasteiger partial charge is 0.425 e. The summed E-state index contributed by atoms with van der Waals surface area (Å²) in [5, 5.41) is 29.1. The van der Waals surface area contributed by atoms with Crippen molar-refractivity contribution in [1.29, 1.82) is 0 Å². The molecule has 0 saturated carbocycles. The van der Waals surface area contributed by atoms with Gasteiger partial charge in [-0.25, -0.2) is 4.67 Å². The van der Waals surface area contributed by atoms with Crippen LogP contribution in [0.2, 0.25) is 0 Å². The molecule has 0 aromatic heterocycles. The van der Waals surface area contributed by atoms with Crippen LogP contribution in [-0.2, 0) is 9.47 Å². The summed E-state index contributed by atoms with van der Waals surface area (Å²) < 4.78 is 14.7. The lowest BCUT2D eigenvalue weighted by molar-refractivity contribution is -0.156. The lowest BCUT2D eigenvalue weighted by Crippen LogP contribution is -2.50. The molecule has 0 bridgehead atoms. The van der Waals surface area contributed by atoms with Gasteiger partial charge >= 0.3 is 11.3 Å². The van der Waals surface area contributed by atoms with E-state index in [2.05, 4.69) is 11.4 Å². The van der Waals surface area contributed by atoms with Crippen molar-refractivity contribution in [2.45, 2.75) is 63.5 Å². The number of nitrogens with zero attached hydrogens (tertiary/aromatic N) is 2. The summed E-state index contributed by atoms with van der Waals surface area (Å²) in [6, 6.07) is 0. The summed E-state index contributed by atoms with van der Waals surface area (Å²) in [4.78, 5) is 13.6. The number of hydrogen-bond acceptors (Lipinski definition) is 7. The molecule has 8 nitrogen and oxygen atoms in total. The Kier molecular flexibility index (Phi) is 7.72. The zero-order valence-electron chi connectivity index (χ0n) is 14.5. The van der Waals surface area contributed by atoms with E-state index in [-0.39, 0.29) is 11.6 Å². The van der Waals surface area contributed by atoms with Crippen LogP contribution in [0.4, 0.5) is 4.79 Å². The minimum absolute atomic E-state index is 0.132. The maximum absolute atomic E-state index is 12.3. The van der Waals surface area contributed by atoms with E-state index in [4.69, 9.17) is 9.47 Å². The highest BCUT2D eigenvalue weighted by Crippen LogP contribution is 2.29. The largest absolute Gasteiger partial charge is 0.509 e. The Morgan fingerprint density at radius 2 is 2.08 bits per heavy atom. The second kappa shape index (κ2) is 8.84. The Morgan fingerprint density at radius 3 is 2.54 bits per heavy atom. The molecule has 0 spiro atoms. The maximum atomic E-state index is 12.3. The molecule has 1 fully saturated rings. The molecule has 4 atom stereocenters. The van der Waals surface area contributed by atoms with E-state index in [1.54, 1.807) is 27.7 Å². The summed E-state index contributed by atoms with van der Waals surface area (Å²) in [5.74, 6) is 0. The van der Waals surface area contributed by atoms with Crippen LogP contribution in [0.15, 0.2) is 0 Å². The Labute approximate surface area is 146 Å². The molecule has 0 aromatic rings.